The van der Waals surface area contributed by atoms with Gasteiger partial charge < -0.3 is 15.5 Å². The first-order valence-electron chi connectivity index (χ1n) is 7.07. The molecule has 1 aromatic carbocycles. The molecule has 2 heterocycles. The van der Waals surface area contributed by atoms with E-state index in [2.05, 4.69) is 27.2 Å². The molecule has 0 amide bonds. The fourth-order valence-electron chi connectivity index (χ4n) is 2.33. The van der Waals surface area contributed by atoms with E-state index in [0.29, 0.717) is 5.95 Å². The van der Waals surface area contributed by atoms with Gasteiger partial charge >= 0.3 is 0 Å². The lowest BCUT2D eigenvalue weighted by Gasteiger charge is -2.15. The Morgan fingerprint density at radius 3 is 2.82 bits per heavy atom. The van der Waals surface area contributed by atoms with Gasteiger partial charge in [-0.3, -0.25) is 0 Å². The van der Waals surface area contributed by atoms with Crippen LogP contribution in [0.1, 0.15) is 31.6 Å². The van der Waals surface area contributed by atoms with Crippen LogP contribution >= 0.6 is 11.6 Å². The fourth-order valence-corrected chi connectivity index (χ4v) is 2.50. The molecule has 0 aliphatic heterocycles. The number of para-hydroxylation sites is 1. The largest absolute Gasteiger partial charge is 0.459 e. The van der Waals surface area contributed by atoms with E-state index in [4.69, 9.17) is 21.8 Å². The lowest BCUT2D eigenvalue weighted by atomic mass is 10.1. The van der Waals surface area contributed by atoms with Crippen molar-refractivity contribution in [2.45, 2.75) is 25.8 Å². The predicted molar refractivity (Wildman–Crippen MR) is 86.7 cm³/mol. The lowest BCUT2D eigenvalue weighted by molar-refractivity contribution is 0.491. The van der Waals surface area contributed by atoms with Gasteiger partial charge in [-0.25, -0.2) is 0 Å². The lowest BCUT2D eigenvalue weighted by Crippen LogP contribution is -2.13. The number of anilines is 2. The van der Waals surface area contributed by atoms with Gasteiger partial charge in [-0.05, 0) is 30.2 Å². The number of benzene rings is 1. The Bertz CT molecular complexity index is 735. The van der Waals surface area contributed by atoms with E-state index >= 15 is 0 Å². The van der Waals surface area contributed by atoms with Gasteiger partial charge in [-0.15, -0.1) is 0 Å². The number of nitrogens with zero attached hydrogens (tertiary/aromatic N) is 3. The number of nitrogen functional groups attached to an aromatic ring is 1. The van der Waals surface area contributed by atoms with Gasteiger partial charge in [0.1, 0.15) is 11.3 Å². The number of aromatic nitrogens is 3. The molecular formula is C15H16ClN5O. The third-order valence-corrected chi connectivity index (χ3v) is 3.46. The average molecular weight is 318 g/mol. The number of rotatable bonds is 5. The highest BCUT2D eigenvalue weighted by Crippen LogP contribution is 2.28. The van der Waals surface area contributed by atoms with E-state index in [-0.39, 0.29) is 17.3 Å². The molecule has 0 aliphatic carbocycles. The normalized spacial score (nSPS) is 12.5. The standard InChI is InChI=1S/C15H16ClN5O/c1-2-5-10(18-15-20-13(16)19-14(17)21-15)12-8-9-6-3-4-7-11(9)22-12/h3-4,6-8,10H,2,5H2,1H3,(H3,17,18,19,20,21). The summed E-state index contributed by atoms with van der Waals surface area (Å²) in [6.07, 6.45) is 1.84. The molecule has 22 heavy (non-hydrogen) atoms. The van der Waals surface area contributed by atoms with Crippen LogP contribution in [-0.4, -0.2) is 15.0 Å². The molecule has 0 saturated carbocycles. The van der Waals surface area contributed by atoms with Gasteiger partial charge in [0.05, 0.1) is 6.04 Å². The third kappa shape index (κ3) is 3.12. The smallest absolute Gasteiger partial charge is 0.229 e. The minimum Gasteiger partial charge on any atom is -0.459 e. The van der Waals surface area contributed by atoms with Crippen LogP contribution in [0.5, 0.6) is 0 Å². The number of halogens is 1. The number of hydrogen-bond donors (Lipinski definition) is 2. The second kappa shape index (κ2) is 6.19. The maximum absolute atomic E-state index is 5.92. The first-order chi connectivity index (χ1) is 10.7. The van der Waals surface area contributed by atoms with E-state index in [1.807, 2.05) is 30.3 Å². The van der Waals surface area contributed by atoms with E-state index < -0.39 is 0 Å². The molecule has 0 radical (unpaired) electrons. The highest BCUT2D eigenvalue weighted by Gasteiger charge is 2.17. The number of nitrogens with two attached hydrogens (primary N) is 1. The summed E-state index contributed by atoms with van der Waals surface area (Å²) in [5.74, 6) is 1.26. The van der Waals surface area contributed by atoms with Crippen LogP contribution in [0.4, 0.5) is 11.9 Å². The number of nitrogens with one attached hydrogen (secondary N) is 1. The molecule has 0 spiro atoms. The molecular weight excluding hydrogens is 302 g/mol. The monoisotopic (exact) mass is 317 g/mol. The minimum absolute atomic E-state index is 0.0599. The first kappa shape index (κ1) is 14.6. The molecule has 7 heteroatoms. The molecule has 114 valence electrons. The molecule has 3 aromatic rings. The van der Waals surface area contributed by atoms with Crippen molar-refractivity contribution in [3.8, 4) is 0 Å². The second-order valence-electron chi connectivity index (χ2n) is 4.96. The molecule has 0 aliphatic rings. The average Bonchev–Trinajstić information content (AvgIpc) is 2.89. The molecule has 0 bridgehead atoms. The summed E-state index contributed by atoms with van der Waals surface area (Å²) in [5.41, 5.74) is 6.45. The Kier molecular flexibility index (Phi) is 4.11. The SMILES string of the molecule is CCCC(Nc1nc(N)nc(Cl)n1)c1cc2ccccc2o1. The predicted octanol–water partition coefficient (Wildman–Crippen LogP) is 3.81. The summed E-state index contributed by atoms with van der Waals surface area (Å²) >= 11 is 5.82. The molecule has 1 unspecified atom stereocenters. The van der Waals surface area contributed by atoms with E-state index in [0.717, 1.165) is 29.6 Å². The van der Waals surface area contributed by atoms with Gasteiger partial charge in [0, 0.05) is 5.39 Å². The zero-order valence-corrected chi connectivity index (χ0v) is 12.8. The molecule has 2 aromatic heterocycles. The van der Waals surface area contributed by atoms with Gasteiger partial charge in [-0.2, -0.15) is 15.0 Å². The molecule has 6 nitrogen and oxygen atoms in total. The van der Waals surface area contributed by atoms with Crippen LogP contribution in [0.25, 0.3) is 11.0 Å². The van der Waals surface area contributed by atoms with Crippen molar-refractivity contribution in [3.63, 3.8) is 0 Å². The summed E-state index contributed by atoms with van der Waals surface area (Å²) in [6.45, 7) is 2.10. The van der Waals surface area contributed by atoms with Gasteiger partial charge in [0.25, 0.3) is 0 Å². The van der Waals surface area contributed by atoms with Crippen molar-refractivity contribution >= 4 is 34.5 Å². The van der Waals surface area contributed by atoms with Crippen LogP contribution in [0, 0.1) is 0 Å². The molecule has 0 fully saturated rings. The number of furan rings is 1. The Labute approximate surface area is 132 Å². The Balaban J connectivity index is 1.91. The summed E-state index contributed by atoms with van der Waals surface area (Å²) in [4.78, 5) is 11.9. The second-order valence-corrected chi connectivity index (χ2v) is 5.30. The van der Waals surface area contributed by atoms with Crippen LogP contribution in [0.3, 0.4) is 0 Å². The van der Waals surface area contributed by atoms with Crippen molar-refractivity contribution in [1.82, 2.24) is 15.0 Å². The minimum atomic E-state index is -0.0599. The maximum Gasteiger partial charge on any atom is 0.229 e. The molecule has 0 saturated heterocycles. The van der Waals surface area contributed by atoms with Crippen LogP contribution < -0.4 is 11.1 Å². The highest BCUT2D eigenvalue weighted by molar-refractivity contribution is 6.28. The fraction of sp³-hybridized carbons (Fsp3) is 0.267. The van der Waals surface area contributed by atoms with Crippen LogP contribution in [0.15, 0.2) is 34.7 Å². The zero-order chi connectivity index (χ0) is 15.5. The zero-order valence-electron chi connectivity index (χ0n) is 12.1. The van der Waals surface area contributed by atoms with E-state index in [1.165, 1.54) is 0 Å². The summed E-state index contributed by atoms with van der Waals surface area (Å²) in [6, 6.07) is 9.85. The number of hydrogen-bond acceptors (Lipinski definition) is 6. The first-order valence-corrected chi connectivity index (χ1v) is 7.45. The van der Waals surface area contributed by atoms with Crippen molar-refractivity contribution in [2.75, 3.05) is 11.1 Å². The Morgan fingerprint density at radius 1 is 1.27 bits per heavy atom. The molecule has 3 rings (SSSR count). The van der Waals surface area contributed by atoms with Crippen LogP contribution in [-0.2, 0) is 0 Å². The maximum atomic E-state index is 5.92. The third-order valence-electron chi connectivity index (χ3n) is 3.29. The summed E-state index contributed by atoms with van der Waals surface area (Å²) in [5, 5.41) is 4.35. The van der Waals surface area contributed by atoms with Crippen LogP contribution in [0.2, 0.25) is 5.28 Å². The molecule has 3 N–H and O–H groups in total. The van der Waals surface area contributed by atoms with Crippen molar-refractivity contribution in [2.24, 2.45) is 0 Å². The van der Waals surface area contributed by atoms with E-state index in [1.54, 1.807) is 0 Å². The highest BCUT2D eigenvalue weighted by atomic mass is 35.5. The Hall–Kier alpha value is -2.34. The summed E-state index contributed by atoms with van der Waals surface area (Å²) in [7, 11) is 0. The topological polar surface area (TPSA) is 89.9 Å². The number of fused-ring (bicyclic) bond motifs is 1. The molecule has 1 atom stereocenters. The quantitative estimate of drug-likeness (QED) is 0.743. The van der Waals surface area contributed by atoms with Crippen molar-refractivity contribution in [3.05, 3.63) is 41.4 Å². The van der Waals surface area contributed by atoms with Gasteiger partial charge in [0.15, 0.2) is 0 Å². The summed E-state index contributed by atoms with van der Waals surface area (Å²) < 4.78 is 5.92. The van der Waals surface area contributed by atoms with E-state index in [9.17, 15) is 0 Å². The Morgan fingerprint density at radius 2 is 2.09 bits per heavy atom. The van der Waals surface area contributed by atoms with Gasteiger partial charge in [0.2, 0.25) is 17.2 Å². The van der Waals surface area contributed by atoms with Crippen molar-refractivity contribution < 1.29 is 4.42 Å². The van der Waals surface area contributed by atoms with Gasteiger partial charge in [-0.1, -0.05) is 31.5 Å². The van der Waals surface area contributed by atoms with Crippen molar-refractivity contribution in [1.29, 1.82) is 0 Å².